The zero-order chi connectivity index (χ0) is 11.4. The van der Waals surface area contributed by atoms with Crippen molar-refractivity contribution >= 4 is 5.95 Å². The predicted molar refractivity (Wildman–Crippen MR) is 65.0 cm³/mol. The third-order valence-electron chi connectivity index (χ3n) is 3.35. The first kappa shape index (κ1) is 11.3. The van der Waals surface area contributed by atoms with Gasteiger partial charge in [0.15, 0.2) is 0 Å². The molecule has 88 valence electrons. The molecule has 0 aliphatic heterocycles. The number of nitrogens with two attached hydrogens (primary N) is 1. The lowest BCUT2D eigenvalue weighted by atomic mass is 9.86. The van der Waals surface area contributed by atoms with Crippen LogP contribution in [0.5, 0.6) is 0 Å². The molecule has 3 N–H and O–H groups in total. The molecular weight excluding hydrogens is 200 g/mol. The Morgan fingerprint density at radius 2 is 2.25 bits per heavy atom. The first-order valence-corrected chi connectivity index (χ1v) is 6.08. The van der Waals surface area contributed by atoms with Gasteiger partial charge < -0.3 is 11.1 Å². The van der Waals surface area contributed by atoms with Crippen LogP contribution in [0.4, 0.5) is 5.95 Å². The van der Waals surface area contributed by atoms with Gasteiger partial charge in [-0.3, -0.25) is 0 Å². The van der Waals surface area contributed by atoms with Gasteiger partial charge in [0.05, 0.1) is 5.69 Å². The van der Waals surface area contributed by atoms with E-state index in [-0.39, 0.29) is 0 Å². The minimum atomic E-state index is 0.470. The smallest absolute Gasteiger partial charge is 0.223 e. The normalized spacial score (nSPS) is 25.4. The van der Waals surface area contributed by atoms with Crippen molar-refractivity contribution in [3.8, 4) is 0 Å². The molecule has 0 spiro atoms. The Balaban J connectivity index is 2.01. The maximum atomic E-state index is 5.56. The standard InChI is InChI=1S/C12H20N4/c1-9-4-2-3-5-11(9)16-12-14-7-6-10(8-13)15-12/h6-7,9,11H,2-5,8,13H2,1H3,(H,14,15,16). The lowest BCUT2D eigenvalue weighted by Gasteiger charge is -2.29. The summed E-state index contributed by atoms with van der Waals surface area (Å²) >= 11 is 0. The van der Waals surface area contributed by atoms with Crippen LogP contribution in [0.1, 0.15) is 38.3 Å². The molecule has 1 aliphatic carbocycles. The SMILES string of the molecule is CC1CCCCC1Nc1nccc(CN)n1. The van der Waals surface area contributed by atoms with Crippen LogP contribution in [-0.4, -0.2) is 16.0 Å². The van der Waals surface area contributed by atoms with Crippen molar-refractivity contribution in [2.75, 3.05) is 5.32 Å². The van der Waals surface area contributed by atoms with Crippen molar-refractivity contribution < 1.29 is 0 Å². The predicted octanol–water partition coefficient (Wildman–Crippen LogP) is 1.93. The molecule has 1 aromatic rings. The first-order chi connectivity index (χ1) is 7.79. The van der Waals surface area contributed by atoms with E-state index >= 15 is 0 Å². The third-order valence-corrected chi connectivity index (χ3v) is 3.35. The van der Waals surface area contributed by atoms with Gasteiger partial charge in [-0.25, -0.2) is 9.97 Å². The fourth-order valence-electron chi connectivity index (χ4n) is 2.28. The average molecular weight is 220 g/mol. The highest BCUT2D eigenvalue weighted by Crippen LogP contribution is 2.25. The van der Waals surface area contributed by atoms with Crippen molar-refractivity contribution in [2.45, 2.75) is 45.2 Å². The summed E-state index contributed by atoms with van der Waals surface area (Å²) in [7, 11) is 0. The molecule has 2 atom stereocenters. The first-order valence-electron chi connectivity index (χ1n) is 6.08. The van der Waals surface area contributed by atoms with Gasteiger partial charge in [0, 0.05) is 18.8 Å². The fourth-order valence-corrected chi connectivity index (χ4v) is 2.28. The highest BCUT2D eigenvalue weighted by Gasteiger charge is 2.21. The number of nitrogens with one attached hydrogen (secondary N) is 1. The Labute approximate surface area is 96.7 Å². The average Bonchev–Trinajstić information content (AvgIpc) is 2.32. The summed E-state index contributed by atoms with van der Waals surface area (Å²) in [5.74, 6) is 1.43. The Kier molecular flexibility index (Phi) is 3.72. The Hall–Kier alpha value is -1.16. The van der Waals surface area contributed by atoms with Crippen molar-refractivity contribution in [1.82, 2.24) is 9.97 Å². The Morgan fingerprint density at radius 3 is 3.00 bits per heavy atom. The van der Waals surface area contributed by atoms with Crippen LogP contribution in [0.15, 0.2) is 12.3 Å². The zero-order valence-corrected chi connectivity index (χ0v) is 9.82. The summed E-state index contributed by atoms with van der Waals surface area (Å²) in [5.41, 5.74) is 6.45. The van der Waals surface area contributed by atoms with Gasteiger partial charge in [-0.1, -0.05) is 19.8 Å². The molecule has 0 bridgehead atoms. The monoisotopic (exact) mass is 220 g/mol. The number of aromatic nitrogens is 2. The number of rotatable bonds is 3. The molecule has 1 fully saturated rings. The van der Waals surface area contributed by atoms with Gasteiger partial charge in [-0.2, -0.15) is 0 Å². The fraction of sp³-hybridized carbons (Fsp3) is 0.667. The van der Waals surface area contributed by atoms with E-state index in [1.54, 1.807) is 6.20 Å². The molecule has 2 rings (SSSR count). The Bertz CT molecular complexity index is 340. The summed E-state index contributed by atoms with van der Waals surface area (Å²) in [5, 5.41) is 3.43. The molecule has 4 heteroatoms. The highest BCUT2D eigenvalue weighted by molar-refractivity contribution is 5.27. The summed E-state index contributed by atoms with van der Waals surface area (Å²) in [4.78, 5) is 8.61. The summed E-state index contributed by atoms with van der Waals surface area (Å²) in [6.07, 6.45) is 6.94. The van der Waals surface area contributed by atoms with E-state index in [9.17, 15) is 0 Å². The molecule has 1 saturated carbocycles. The second-order valence-electron chi connectivity index (χ2n) is 4.59. The quantitative estimate of drug-likeness (QED) is 0.817. The molecule has 2 unspecified atom stereocenters. The van der Waals surface area contributed by atoms with E-state index in [1.165, 1.54) is 25.7 Å². The molecular formula is C12H20N4. The van der Waals surface area contributed by atoms with E-state index < -0.39 is 0 Å². The Morgan fingerprint density at radius 1 is 1.44 bits per heavy atom. The minimum Gasteiger partial charge on any atom is -0.351 e. The van der Waals surface area contributed by atoms with E-state index in [4.69, 9.17) is 5.73 Å². The number of nitrogens with zero attached hydrogens (tertiary/aromatic N) is 2. The summed E-state index contributed by atoms with van der Waals surface area (Å²) in [6.45, 7) is 2.76. The van der Waals surface area contributed by atoms with Crippen molar-refractivity contribution in [1.29, 1.82) is 0 Å². The molecule has 0 radical (unpaired) electrons. The van der Waals surface area contributed by atoms with Gasteiger partial charge in [0.25, 0.3) is 0 Å². The highest BCUT2D eigenvalue weighted by atomic mass is 15.1. The van der Waals surface area contributed by atoms with Crippen LogP contribution in [0.3, 0.4) is 0 Å². The van der Waals surface area contributed by atoms with Crippen LogP contribution in [0.2, 0.25) is 0 Å². The van der Waals surface area contributed by atoms with Crippen LogP contribution in [0, 0.1) is 5.92 Å². The number of hydrogen-bond acceptors (Lipinski definition) is 4. The maximum absolute atomic E-state index is 5.56. The number of anilines is 1. The van der Waals surface area contributed by atoms with Gasteiger partial charge in [-0.05, 0) is 24.8 Å². The van der Waals surface area contributed by atoms with E-state index in [2.05, 4.69) is 22.2 Å². The maximum Gasteiger partial charge on any atom is 0.223 e. The molecule has 1 aliphatic rings. The molecule has 0 aromatic carbocycles. The van der Waals surface area contributed by atoms with Gasteiger partial charge in [-0.15, -0.1) is 0 Å². The second kappa shape index (κ2) is 5.25. The molecule has 1 heterocycles. The lowest BCUT2D eigenvalue weighted by Crippen LogP contribution is -2.31. The topological polar surface area (TPSA) is 63.8 Å². The van der Waals surface area contributed by atoms with Gasteiger partial charge in [0.2, 0.25) is 5.95 Å². The van der Waals surface area contributed by atoms with Crippen LogP contribution < -0.4 is 11.1 Å². The van der Waals surface area contributed by atoms with E-state index in [1.807, 2.05) is 6.07 Å². The van der Waals surface area contributed by atoms with Crippen LogP contribution in [0.25, 0.3) is 0 Å². The van der Waals surface area contributed by atoms with Crippen molar-refractivity contribution in [3.05, 3.63) is 18.0 Å². The molecule has 0 saturated heterocycles. The molecule has 4 nitrogen and oxygen atoms in total. The van der Waals surface area contributed by atoms with Crippen molar-refractivity contribution in [2.24, 2.45) is 11.7 Å². The zero-order valence-electron chi connectivity index (χ0n) is 9.82. The van der Waals surface area contributed by atoms with Gasteiger partial charge in [0.1, 0.15) is 0 Å². The van der Waals surface area contributed by atoms with E-state index in [0.29, 0.717) is 18.5 Å². The molecule has 1 aromatic heterocycles. The lowest BCUT2D eigenvalue weighted by molar-refractivity contribution is 0.348. The number of hydrogen-bond donors (Lipinski definition) is 2. The second-order valence-corrected chi connectivity index (χ2v) is 4.59. The minimum absolute atomic E-state index is 0.470. The summed E-state index contributed by atoms with van der Waals surface area (Å²) in [6, 6.07) is 2.37. The van der Waals surface area contributed by atoms with E-state index in [0.717, 1.165) is 11.6 Å². The molecule has 16 heavy (non-hydrogen) atoms. The van der Waals surface area contributed by atoms with Crippen LogP contribution >= 0.6 is 0 Å². The third kappa shape index (κ3) is 2.70. The van der Waals surface area contributed by atoms with Crippen LogP contribution in [-0.2, 0) is 6.54 Å². The molecule has 0 amide bonds. The van der Waals surface area contributed by atoms with Crippen molar-refractivity contribution in [3.63, 3.8) is 0 Å². The largest absolute Gasteiger partial charge is 0.351 e. The summed E-state index contributed by atoms with van der Waals surface area (Å²) < 4.78 is 0. The van der Waals surface area contributed by atoms with Gasteiger partial charge >= 0.3 is 0 Å².